The number of aryl methyl sites for hydroxylation is 2. The predicted molar refractivity (Wildman–Crippen MR) is 97.7 cm³/mol. The van der Waals surface area contributed by atoms with Crippen molar-refractivity contribution >= 4 is 0 Å². The highest BCUT2D eigenvalue weighted by Gasteiger charge is 2.18. The van der Waals surface area contributed by atoms with Crippen molar-refractivity contribution in [1.82, 2.24) is 0 Å². The normalized spacial score (nSPS) is 10.8. The van der Waals surface area contributed by atoms with Crippen LogP contribution in [0.5, 0.6) is 17.2 Å². The summed E-state index contributed by atoms with van der Waals surface area (Å²) in [5.74, 6) is -4.29. The van der Waals surface area contributed by atoms with Gasteiger partial charge in [0.15, 0.2) is 23.1 Å². The third-order valence-electron chi connectivity index (χ3n) is 4.28. The number of ether oxygens (including phenoxy) is 2. The lowest BCUT2D eigenvalue weighted by atomic mass is 10.1. The molecule has 28 heavy (non-hydrogen) atoms. The largest absolute Gasteiger partial charge is 0.485 e. The fourth-order valence-electron chi connectivity index (χ4n) is 2.63. The van der Waals surface area contributed by atoms with Crippen molar-refractivity contribution < 1.29 is 27.0 Å². The molecule has 0 radical (unpaired) electrons. The molecule has 0 atom stereocenters. The Bertz CT molecular complexity index is 985. The van der Waals surface area contributed by atoms with E-state index in [1.807, 2.05) is 6.92 Å². The topological polar surface area (TPSA) is 18.5 Å². The van der Waals surface area contributed by atoms with Gasteiger partial charge in [-0.05, 0) is 49.2 Å². The van der Waals surface area contributed by atoms with E-state index in [9.17, 15) is 17.6 Å². The molecule has 0 amide bonds. The fraction of sp³-hybridized carbons (Fsp3) is 0.182. The zero-order chi connectivity index (χ0) is 20.3. The minimum atomic E-state index is -1.19. The summed E-state index contributed by atoms with van der Waals surface area (Å²) in [6.45, 7) is 2.96. The van der Waals surface area contributed by atoms with Crippen LogP contribution in [0.4, 0.5) is 17.6 Å². The summed E-state index contributed by atoms with van der Waals surface area (Å²) in [7, 11) is 0. The van der Waals surface area contributed by atoms with E-state index in [1.165, 1.54) is 12.1 Å². The molecule has 0 fully saturated rings. The van der Waals surface area contributed by atoms with Crippen LogP contribution in [-0.4, -0.2) is 0 Å². The molecule has 0 spiro atoms. The second-order valence-corrected chi connectivity index (χ2v) is 6.25. The molecule has 0 bridgehead atoms. The molecule has 0 heterocycles. The molecule has 0 aromatic heterocycles. The first-order valence-electron chi connectivity index (χ1n) is 8.71. The molecule has 3 rings (SSSR count). The maximum atomic E-state index is 14.7. The fourth-order valence-corrected chi connectivity index (χ4v) is 2.63. The predicted octanol–water partition coefficient (Wildman–Crippen LogP) is 6.49. The van der Waals surface area contributed by atoms with Gasteiger partial charge in [-0.1, -0.05) is 30.7 Å². The lowest BCUT2D eigenvalue weighted by Crippen LogP contribution is -2.06. The van der Waals surface area contributed by atoms with Gasteiger partial charge in [0.1, 0.15) is 18.2 Å². The smallest absolute Gasteiger partial charge is 0.200 e. The van der Waals surface area contributed by atoms with Crippen molar-refractivity contribution in [2.24, 2.45) is 0 Å². The molecule has 0 N–H and O–H groups in total. The Morgan fingerprint density at radius 3 is 2.11 bits per heavy atom. The Kier molecular flexibility index (Phi) is 5.87. The van der Waals surface area contributed by atoms with Gasteiger partial charge in [0.25, 0.3) is 0 Å². The van der Waals surface area contributed by atoms with Crippen molar-refractivity contribution in [1.29, 1.82) is 0 Å². The summed E-state index contributed by atoms with van der Waals surface area (Å²) in [5, 5.41) is 0. The second-order valence-electron chi connectivity index (χ2n) is 6.25. The van der Waals surface area contributed by atoms with E-state index in [0.717, 1.165) is 17.7 Å². The maximum absolute atomic E-state index is 14.7. The third kappa shape index (κ3) is 4.11. The average molecular weight is 390 g/mol. The number of halogens is 4. The SMILES string of the molecule is CCc1ccc(OCc2c(F)ccc(Oc3ccc(C)cc3)c2F)c(F)c1F. The van der Waals surface area contributed by atoms with Crippen LogP contribution in [0.15, 0.2) is 48.5 Å². The van der Waals surface area contributed by atoms with Crippen molar-refractivity contribution in [3.63, 3.8) is 0 Å². The second kappa shape index (κ2) is 8.33. The van der Waals surface area contributed by atoms with E-state index >= 15 is 0 Å². The highest BCUT2D eigenvalue weighted by atomic mass is 19.2. The molecule has 0 saturated heterocycles. The van der Waals surface area contributed by atoms with Gasteiger partial charge in [-0.2, -0.15) is 4.39 Å². The number of rotatable bonds is 6. The van der Waals surface area contributed by atoms with Crippen molar-refractivity contribution in [2.45, 2.75) is 26.9 Å². The van der Waals surface area contributed by atoms with Gasteiger partial charge < -0.3 is 9.47 Å². The van der Waals surface area contributed by atoms with Crippen LogP contribution in [0.3, 0.4) is 0 Å². The highest BCUT2D eigenvalue weighted by molar-refractivity contribution is 5.38. The zero-order valence-electron chi connectivity index (χ0n) is 15.4. The first kappa shape index (κ1) is 19.7. The van der Waals surface area contributed by atoms with Gasteiger partial charge in [-0.15, -0.1) is 0 Å². The molecule has 0 saturated carbocycles. The Morgan fingerprint density at radius 2 is 1.43 bits per heavy atom. The van der Waals surface area contributed by atoms with E-state index in [-0.39, 0.29) is 11.3 Å². The van der Waals surface area contributed by atoms with Crippen LogP contribution in [0.2, 0.25) is 0 Å². The molecular formula is C22H18F4O2. The summed E-state index contributed by atoms with van der Waals surface area (Å²) in [6.07, 6.45) is 0.310. The van der Waals surface area contributed by atoms with Crippen LogP contribution in [0, 0.1) is 30.2 Å². The molecule has 0 aliphatic carbocycles. The summed E-state index contributed by atoms with van der Waals surface area (Å²) < 4.78 is 67.3. The number of hydrogen-bond donors (Lipinski definition) is 0. The zero-order valence-corrected chi connectivity index (χ0v) is 15.4. The lowest BCUT2D eigenvalue weighted by molar-refractivity contribution is 0.271. The van der Waals surface area contributed by atoms with E-state index in [0.29, 0.717) is 12.2 Å². The van der Waals surface area contributed by atoms with Crippen LogP contribution >= 0.6 is 0 Å². The van der Waals surface area contributed by atoms with Crippen LogP contribution in [-0.2, 0) is 13.0 Å². The Balaban J connectivity index is 1.82. The molecule has 6 heteroatoms. The number of benzene rings is 3. The summed E-state index contributed by atoms with van der Waals surface area (Å²) in [4.78, 5) is 0. The van der Waals surface area contributed by atoms with Crippen LogP contribution in [0.25, 0.3) is 0 Å². The molecule has 3 aromatic carbocycles. The standard InChI is InChI=1S/C22H18F4O2/c1-3-14-6-10-18(22(26)20(14)24)27-12-16-17(23)9-11-19(21(16)25)28-15-7-4-13(2)5-8-15/h4-11H,3,12H2,1-2H3. The summed E-state index contributed by atoms with van der Waals surface area (Å²) in [6, 6.07) is 11.7. The Labute approximate surface area is 160 Å². The average Bonchev–Trinajstić information content (AvgIpc) is 2.69. The maximum Gasteiger partial charge on any atom is 0.200 e. The van der Waals surface area contributed by atoms with Gasteiger partial charge in [0.05, 0.1) is 5.56 Å². The molecule has 0 aliphatic rings. The van der Waals surface area contributed by atoms with E-state index in [1.54, 1.807) is 31.2 Å². The van der Waals surface area contributed by atoms with Gasteiger partial charge in [-0.3, -0.25) is 0 Å². The van der Waals surface area contributed by atoms with E-state index in [2.05, 4.69) is 0 Å². The van der Waals surface area contributed by atoms with E-state index in [4.69, 9.17) is 9.47 Å². The molecule has 0 aliphatic heterocycles. The Morgan fingerprint density at radius 1 is 0.750 bits per heavy atom. The molecule has 3 aromatic rings. The minimum absolute atomic E-state index is 0.190. The first-order chi connectivity index (χ1) is 13.4. The van der Waals surface area contributed by atoms with Gasteiger partial charge in [-0.25, -0.2) is 13.2 Å². The van der Waals surface area contributed by atoms with Crippen molar-refractivity contribution in [2.75, 3.05) is 0 Å². The molecule has 2 nitrogen and oxygen atoms in total. The van der Waals surface area contributed by atoms with Gasteiger partial charge in [0, 0.05) is 0 Å². The monoisotopic (exact) mass is 390 g/mol. The molecule has 146 valence electrons. The van der Waals surface area contributed by atoms with E-state index < -0.39 is 41.2 Å². The number of hydrogen-bond acceptors (Lipinski definition) is 2. The van der Waals surface area contributed by atoms with Crippen LogP contribution in [0.1, 0.15) is 23.6 Å². The summed E-state index contributed by atoms with van der Waals surface area (Å²) >= 11 is 0. The molecular weight excluding hydrogens is 372 g/mol. The van der Waals surface area contributed by atoms with Crippen molar-refractivity contribution in [3.8, 4) is 17.2 Å². The van der Waals surface area contributed by atoms with Crippen LogP contribution < -0.4 is 9.47 Å². The summed E-state index contributed by atoms with van der Waals surface area (Å²) in [5.41, 5.74) is 0.754. The highest BCUT2D eigenvalue weighted by Crippen LogP contribution is 2.30. The lowest BCUT2D eigenvalue weighted by Gasteiger charge is -2.13. The van der Waals surface area contributed by atoms with Crippen molar-refractivity contribution in [3.05, 3.63) is 88.5 Å². The first-order valence-corrected chi connectivity index (χ1v) is 8.71. The third-order valence-corrected chi connectivity index (χ3v) is 4.28. The van der Waals surface area contributed by atoms with Gasteiger partial charge in [0.2, 0.25) is 5.82 Å². The quantitative estimate of drug-likeness (QED) is 0.448. The Hall–Kier alpha value is -3.02. The molecule has 0 unspecified atom stereocenters. The van der Waals surface area contributed by atoms with Gasteiger partial charge >= 0.3 is 0 Å². The minimum Gasteiger partial charge on any atom is -0.485 e.